The molecule has 1 amide bonds. The van der Waals surface area contributed by atoms with Crippen LogP contribution >= 0.6 is 11.3 Å². The first kappa shape index (κ1) is 43.5. The number of nitrogens with zero attached hydrogens (tertiary/aromatic N) is 4. The van der Waals surface area contributed by atoms with Crippen LogP contribution in [0.15, 0.2) is 79.0 Å². The van der Waals surface area contributed by atoms with Crippen LogP contribution in [0, 0.1) is 0 Å². The number of carbonyl (C=O) groups excluding carboxylic acids is 3. The maximum Gasteiger partial charge on any atom is 0.414 e. The van der Waals surface area contributed by atoms with Crippen LogP contribution in [0.1, 0.15) is 41.5 Å². The Morgan fingerprint density at radius 3 is 1.93 bits per heavy atom. The lowest BCUT2D eigenvalue weighted by Gasteiger charge is -2.27. The topological polar surface area (TPSA) is 148 Å². The number of aromatic nitrogens is 2. The molecular weight excluding hydrogens is 765 g/mol. The Bertz CT molecular complexity index is 2130. The Kier molecular flexibility index (Phi) is 15.5. The molecule has 0 radical (unpaired) electrons. The SMILES string of the molecule is COC(=O)c1ccc(OCCOCCOCCOCCN(C(=O)OC(C)(C)C)c2ccc3nc(-c4ccc(-c5ccc(N(C)C)nc5)cc4)sc3c2)cc1C(=O)OC. The van der Waals surface area contributed by atoms with Gasteiger partial charge in [-0.25, -0.2) is 24.4 Å². The zero-order valence-corrected chi connectivity index (χ0v) is 34.8. The van der Waals surface area contributed by atoms with E-state index in [0.717, 1.165) is 37.7 Å². The average molecular weight is 815 g/mol. The normalized spacial score (nSPS) is 11.3. The molecule has 3 aromatic carbocycles. The number of ether oxygens (including phenoxy) is 7. The summed E-state index contributed by atoms with van der Waals surface area (Å²) in [4.78, 5) is 50.4. The molecule has 0 unspecified atom stereocenters. The smallest absolute Gasteiger partial charge is 0.414 e. The van der Waals surface area contributed by atoms with E-state index in [1.54, 1.807) is 22.3 Å². The fraction of sp³-hybridized carbons (Fsp3) is 0.372. The number of benzene rings is 3. The Morgan fingerprint density at radius 2 is 1.31 bits per heavy atom. The van der Waals surface area contributed by atoms with Gasteiger partial charge in [0, 0.05) is 37.1 Å². The predicted octanol–water partition coefficient (Wildman–Crippen LogP) is 7.53. The van der Waals surface area contributed by atoms with Gasteiger partial charge in [0.15, 0.2) is 0 Å². The third kappa shape index (κ3) is 12.2. The number of esters is 2. The molecule has 5 aromatic rings. The highest BCUT2D eigenvalue weighted by atomic mass is 32.1. The fourth-order valence-electron chi connectivity index (χ4n) is 5.57. The number of methoxy groups -OCH3 is 2. The maximum atomic E-state index is 13.4. The largest absolute Gasteiger partial charge is 0.491 e. The third-order valence-electron chi connectivity index (χ3n) is 8.47. The van der Waals surface area contributed by atoms with Gasteiger partial charge < -0.3 is 38.1 Å². The summed E-state index contributed by atoms with van der Waals surface area (Å²) in [6.45, 7) is 7.87. The molecular formula is C43H50N4O10S. The number of thiazole rings is 1. The Labute approximate surface area is 342 Å². The van der Waals surface area contributed by atoms with Crippen LogP contribution < -0.4 is 14.5 Å². The number of anilines is 2. The Morgan fingerprint density at radius 1 is 0.690 bits per heavy atom. The molecule has 0 saturated carbocycles. The summed E-state index contributed by atoms with van der Waals surface area (Å²) in [6, 6.07) is 22.5. The van der Waals surface area contributed by atoms with Gasteiger partial charge in [-0.3, -0.25) is 4.90 Å². The first-order chi connectivity index (χ1) is 27.9. The van der Waals surface area contributed by atoms with E-state index in [0.29, 0.717) is 37.9 Å². The number of fused-ring (bicyclic) bond motifs is 1. The Balaban J connectivity index is 1.07. The van der Waals surface area contributed by atoms with Gasteiger partial charge in [-0.15, -0.1) is 11.3 Å². The summed E-state index contributed by atoms with van der Waals surface area (Å²) in [6.07, 6.45) is 1.41. The van der Waals surface area contributed by atoms with Crippen molar-refractivity contribution >= 4 is 51.1 Å². The minimum Gasteiger partial charge on any atom is -0.491 e. The zero-order valence-electron chi connectivity index (χ0n) is 33.9. The molecule has 14 nitrogen and oxygen atoms in total. The van der Waals surface area contributed by atoms with Crippen molar-refractivity contribution in [1.29, 1.82) is 0 Å². The van der Waals surface area contributed by atoms with E-state index in [1.807, 2.05) is 70.2 Å². The second kappa shape index (κ2) is 20.7. The van der Waals surface area contributed by atoms with E-state index in [9.17, 15) is 14.4 Å². The molecule has 0 saturated heterocycles. The summed E-state index contributed by atoms with van der Waals surface area (Å²) < 4.78 is 38.9. The maximum absolute atomic E-state index is 13.4. The van der Waals surface area contributed by atoms with Gasteiger partial charge >= 0.3 is 18.0 Å². The molecule has 0 atom stereocenters. The van der Waals surface area contributed by atoms with Crippen LogP contribution in [-0.2, 0) is 28.4 Å². The quantitative estimate of drug-likeness (QED) is 0.0460. The lowest BCUT2D eigenvalue weighted by atomic mass is 10.1. The number of hydrogen-bond donors (Lipinski definition) is 0. The van der Waals surface area contributed by atoms with Crippen molar-refractivity contribution in [3.05, 3.63) is 90.1 Å². The van der Waals surface area contributed by atoms with Gasteiger partial charge in [-0.2, -0.15) is 0 Å². The molecule has 5 rings (SSSR count). The summed E-state index contributed by atoms with van der Waals surface area (Å²) in [5.74, 6) is -0.0392. The molecule has 0 spiro atoms. The van der Waals surface area contributed by atoms with Gasteiger partial charge in [0.1, 0.15) is 28.8 Å². The monoisotopic (exact) mass is 814 g/mol. The number of carbonyl (C=O) groups is 3. The molecule has 2 aromatic heterocycles. The van der Waals surface area contributed by atoms with Crippen LogP contribution in [0.3, 0.4) is 0 Å². The molecule has 58 heavy (non-hydrogen) atoms. The van der Waals surface area contributed by atoms with Gasteiger partial charge in [-0.1, -0.05) is 24.3 Å². The molecule has 0 N–H and O–H groups in total. The minimum atomic E-state index is -0.679. The summed E-state index contributed by atoms with van der Waals surface area (Å²) in [7, 11) is 6.40. The number of amides is 1. The molecule has 0 aliphatic carbocycles. The predicted molar refractivity (Wildman–Crippen MR) is 223 cm³/mol. The van der Waals surface area contributed by atoms with E-state index in [1.165, 1.54) is 26.4 Å². The average Bonchev–Trinajstić information content (AvgIpc) is 3.65. The van der Waals surface area contributed by atoms with Crippen LogP contribution in [0.4, 0.5) is 16.3 Å². The zero-order chi connectivity index (χ0) is 41.7. The highest BCUT2D eigenvalue weighted by Gasteiger charge is 2.24. The van der Waals surface area contributed by atoms with Crippen molar-refractivity contribution in [2.24, 2.45) is 0 Å². The van der Waals surface area contributed by atoms with Gasteiger partial charge in [0.2, 0.25) is 0 Å². The van der Waals surface area contributed by atoms with E-state index in [-0.39, 0.29) is 37.5 Å². The first-order valence-electron chi connectivity index (χ1n) is 18.7. The fourth-order valence-corrected chi connectivity index (χ4v) is 6.57. The van der Waals surface area contributed by atoms with Crippen LogP contribution in [0.5, 0.6) is 5.75 Å². The summed E-state index contributed by atoms with van der Waals surface area (Å²) >= 11 is 1.56. The van der Waals surface area contributed by atoms with Crippen molar-refractivity contribution in [3.8, 4) is 27.4 Å². The Hall–Kier alpha value is -5.61. The van der Waals surface area contributed by atoms with E-state index in [4.69, 9.17) is 38.1 Å². The van der Waals surface area contributed by atoms with Crippen molar-refractivity contribution in [3.63, 3.8) is 0 Å². The highest BCUT2D eigenvalue weighted by Crippen LogP contribution is 2.34. The molecule has 0 fully saturated rings. The highest BCUT2D eigenvalue weighted by molar-refractivity contribution is 7.21. The molecule has 0 bridgehead atoms. The van der Waals surface area contributed by atoms with Crippen LogP contribution in [0.2, 0.25) is 0 Å². The second-order valence-corrected chi connectivity index (χ2v) is 15.1. The van der Waals surface area contributed by atoms with E-state index in [2.05, 4.69) is 35.3 Å². The minimum absolute atomic E-state index is 0.0483. The first-order valence-corrected chi connectivity index (χ1v) is 19.5. The number of pyridine rings is 1. The second-order valence-electron chi connectivity index (χ2n) is 14.1. The third-order valence-corrected chi connectivity index (χ3v) is 9.54. The van der Waals surface area contributed by atoms with Crippen molar-refractivity contribution < 1.29 is 47.5 Å². The molecule has 0 aliphatic heterocycles. The van der Waals surface area contributed by atoms with Gasteiger partial charge in [0.25, 0.3) is 0 Å². The summed E-state index contributed by atoms with van der Waals surface area (Å²) in [5.41, 5.74) is 4.09. The molecule has 0 aliphatic rings. The number of hydrogen-bond acceptors (Lipinski definition) is 14. The summed E-state index contributed by atoms with van der Waals surface area (Å²) in [5, 5.41) is 0.880. The van der Waals surface area contributed by atoms with Gasteiger partial charge in [-0.05, 0) is 74.9 Å². The molecule has 2 heterocycles. The lowest BCUT2D eigenvalue weighted by Crippen LogP contribution is -2.39. The van der Waals surface area contributed by atoms with E-state index < -0.39 is 23.6 Å². The van der Waals surface area contributed by atoms with Crippen LogP contribution in [-0.4, -0.2) is 115 Å². The van der Waals surface area contributed by atoms with Crippen molar-refractivity contribution in [2.45, 2.75) is 26.4 Å². The van der Waals surface area contributed by atoms with E-state index >= 15 is 0 Å². The standard InChI is InChI=1S/C43H50N4O10S/c1-43(2,3)57-42(50)47(18-19-53-20-21-54-22-23-55-24-25-56-33-14-15-34(40(48)51-6)35(27-33)41(49)52-7)32-13-16-36-37(26-32)58-39(45-36)30-10-8-29(9-11-30)31-12-17-38(44-28-31)46(4)5/h8-17,26-28H,18-25H2,1-7H3. The number of rotatable bonds is 19. The molecule has 15 heteroatoms. The van der Waals surface area contributed by atoms with Crippen LogP contribution in [0.25, 0.3) is 31.9 Å². The van der Waals surface area contributed by atoms with Crippen molar-refractivity contribution in [1.82, 2.24) is 9.97 Å². The molecule has 308 valence electrons. The van der Waals surface area contributed by atoms with Crippen molar-refractivity contribution in [2.75, 3.05) is 90.9 Å². The lowest BCUT2D eigenvalue weighted by molar-refractivity contribution is 0.00992. The van der Waals surface area contributed by atoms with Gasteiger partial charge in [0.05, 0.1) is 81.7 Å².